The zero-order chi connectivity index (χ0) is 22.9. The molecule has 1 aliphatic heterocycles. The number of allylic oxidation sites excluding steroid dienone is 1. The molecule has 2 heterocycles. The molecule has 0 saturated heterocycles. The minimum atomic E-state index is -0.900. The van der Waals surface area contributed by atoms with Crippen molar-refractivity contribution in [3.8, 4) is 17.5 Å². The number of nitriles is 1. The van der Waals surface area contributed by atoms with Gasteiger partial charge in [-0.1, -0.05) is 37.0 Å². The first-order valence-corrected chi connectivity index (χ1v) is 9.59. The number of amidine groups is 1. The van der Waals surface area contributed by atoms with Gasteiger partial charge in [0.05, 0.1) is 21.3 Å². The van der Waals surface area contributed by atoms with E-state index in [-0.39, 0.29) is 39.1 Å². The monoisotopic (exact) mass is 463 g/mol. The summed E-state index contributed by atoms with van der Waals surface area (Å²) in [7, 11) is 0. The Kier molecular flexibility index (Phi) is 6.16. The number of ether oxygens (including phenoxy) is 1. The van der Waals surface area contributed by atoms with Gasteiger partial charge in [0.1, 0.15) is 6.07 Å². The SMILES string of the molecule is CC(C)/C(N)=C1\C=C(Oc2c(Cl)cc(-n3nc(C#N)c(=O)[nH]c3=O)cc2Cl)N[NH2+]C1=N. The van der Waals surface area contributed by atoms with Gasteiger partial charge in [-0.15, -0.1) is 5.10 Å². The fraction of sp³-hybridized carbons (Fsp3) is 0.167. The van der Waals surface area contributed by atoms with Gasteiger partial charge in [-0.3, -0.25) is 9.78 Å². The molecule has 1 aliphatic rings. The first-order valence-electron chi connectivity index (χ1n) is 8.83. The van der Waals surface area contributed by atoms with E-state index in [4.69, 9.17) is 44.3 Å². The number of rotatable bonds is 4. The molecule has 0 fully saturated rings. The van der Waals surface area contributed by atoms with E-state index in [0.717, 1.165) is 4.68 Å². The van der Waals surface area contributed by atoms with Crippen LogP contribution in [0.3, 0.4) is 0 Å². The molecule has 2 aromatic rings. The van der Waals surface area contributed by atoms with Gasteiger partial charge in [0.15, 0.2) is 5.75 Å². The van der Waals surface area contributed by atoms with Crippen molar-refractivity contribution in [1.29, 1.82) is 10.7 Å². The number of hydrogen-bond acceptors (Lipinski definition) is 8. The molecule has 3 rings (SSSR count). The van der Waals surface area contributed by atoms with Crippen molar-refractivity contribution in [2.45, 2.75) is 13.8 Å². The predicted octanol–water partition coefficient (Wildman–Crippen LogP) is 0.247. The Labute approximate surface area is 185 Å². The molecule has 0 unspecified atom stereocenters. The second kappa shape index (κ2) is 8.65. The molecular weight excluding hydrogens is 447 g/mol. The fourth-order valence-electron chi connectivity index (χ4n) is 2.60. The normalized spacial score (nSPS) is 15.2. The highest BCUT2D eigenvalue weighted by molar-refractivity contribution is 6.37. The van der Waals surface area contributed by atoms with Crippen molar-refractivity contribution >= 4 is 29.0 Å². The van der Waals surface area contributed by atoms with Gasteiger partial charge in [0, 0.05) is 11.8 Å². The molecule has 0 amide bonds. The van der Waals surface area contributed by atoms with Crippen LogP contribution < -0.4 is 32.6 Å². The first kappa shape index (κ1) is 22.1. The summed E-state index contributed by atoms with van der Waals surface area (Å²) in [5.74, 6) is 0.528. The number of nitrogens with zero attached hydrogens (tertiary/aromatic N) is 3. The molecule has 0 saturated carbocycles. The van der Waals surface area contributed by atoms with Gasteiger partial charge in [-0.25, -0.2) is 10.2 Å². The van der Waals surface area contributed by atoms with E-state index in [1.807, 2.05) is 18.8 Å². The molecule has 13 heteroatoms. The molecule has 1 aromatic carbocycles. The lowest BCUT2D eigenvalue weighted by molar-refractivity contribution is -0.601. The van der Waals surface area contributed by atoms with Crippen LogP contribution >= 0.6 is 23.2 Å². The molecule has 1 aromatic heterocycles. The van der Waals surface area contributed by atoms with Gasteiger partial charge < -0.3 is 10.5 Å². The van der Waals surface area contributed by atoms with E-state index in [1.165, 1.54) is 17.6 Å². The summed E-state index contributed by atoms with van der Waals surface area (Å²) in [6, 6.07) is 4.27. The second-order valence-corrected chi connectivity index (χ2v) is 7.52. The van der Waals surface area contributed by atoms with Crippen molar-refractivity contribution < 1.29 is 10.2 Å². The predicted molar refractivity (Wildman–Crippen MR) is 113 cm³/mol. The third-order valence-corrected chi connectivity index (χ3v) is 4.79. The number of nitrogens with two attached hydrogens (primary N) is 2. The molecule has 11 nitrogen and oxygen atoms in total. The van der Waals surface area contributed by atoms with Crippen LogP contribution in [-0.2, 0) is 0 Å². The molecule has 0 radical (unpaired) electrons. The van der Waals surface area contributed by atoms with E-state index < -0.39 is 16.9 Å². The minimum absolute atomic E-state index is 0.0206. The molecule has 160 valence electrons. The number of hydrogen-bond donors (Lipinski definition) is 5. The summed E-state index contributed by atoms with van der Waals surface area (Å²) in [5.41, 5.74) is 9.18. The molecule has 0 aliphatic carbocycles. The standard InChI is InChI=1S/C18H16Cl2N8O3/c1-7(2)14(22)9-5-13(25-26-16(9)23)31-15-10(19)3-8(4-11(15)20)28-18(30)24-17(29)12(6-21)27-28/h3-5,7,25H,22H2,1-2H3,(H2,23,26)(H,24,29,30)/p+1/b14-9-. The van der Waals surface area contributed by atoms with Crippen molar-refractivity contribution in [2.24, 2.45) is 11.7 Å². The van der Waals surface area contributed by atoms with Crippen LogP contribution in [0, 0.1) is 22.7 Å². The number of quaternary nitrogens is 1. The maximum absolute atomic E-state index is 12.1. The zero-order valence-corrected chi connectivity index (χ0v) is 17.8. The van der Waals surface area contributed by atoms with Crippen LogP contribution in [-0.4, -0.2) is 20.6 Å². The Morgan fingerprint density at radius 2 is 2.00 bits per heavy atom. The summed E-state index contributed by atoms with van der Waals surface area (Å²) >= 11 is 12.6. The highest BCUT2D eigenvalue weighted by Crippen LogP contribution is 2.36. The molecular formula is C18H17Cl2N8O3+. The number of halogens is 2. The van der Waals surface area contributed by atoms with Crippen LogP contribution in [0.5, 0.6) is 5.75 Å². The Hall–Kier alpha value is -3.59. The Morgan fingerprint density at radius 1 is 1.35 bits per heavy atom. The summed E-state index contributed by atoms with van der Waals surface area (Å²) in [5, 5.41) is 20.8. The minimum Gasteiger partial charge on any atom is -0.434 e. The number of aromatic nitrogens is 3. The smallest absolute Gasteiger partial charge is 0.349 e. The van der Waals surface area contributed by atoms with Gasteiger partial charge in [-0.05, 0) is 18.1 Å². The largest absolute Gasteiger partial charge is 0.434 e. The molecule has 0 atom stereocenters. The van der Waals surface area contributed by atoms with Gasteiger partial charge >= 0.3 is 5.69 Å². The average Bonchev–Trinajstić information content (AvgIpc) is 2.71. The van der Waals surface area contributed by atoms with Crippen molar-refractivity contribution in [3.63, 3.8) is 0 Å². The molecule has 0 spiro atoms. The second-order valence-electron chi connectivity index (χ2n) is 6.71. The van der Waals surface area contributed by atoms with Gasteiger partial charge in [0.2, 0.25) is 11.6 Å². The number of H-pyrrole nitrogens is 1. The van der Waals surface area contributed by atoms with Crippen LogP contribution in [0.1, 0.15) is 19.5 Å². The van der Waals surface area contributed by atoms with Crippen LogP contribution in [0.25, 0.3) is 5.69 Å². The van der Waals surface area contributed by atoms with Crippen molar-refractivity contribution in [1.82, 2.24) is 20.2 Å². The molecule has 31 heavy (non-hydrogen) atoms. The quantitative estimate of drug-likeness (QED) is 0.402. The van der Waals surface area contributed by atoms with Crippen LogP contribution in [0.2, 0.25) is 10.0 Å². The van der Waals surface area contributed by atoms with E-state index in [9.17, 15) is 9.59 Å². The summed E-state index contributed by atoms with van der Waals surface area (Å²) in [6.07, 6.45) is 1.56. The van der Waals surface area contributed by atoms with E-state index in [1.54, 1.807) is 12.1 Å². The number of aromatic amines is 1. The lowest BCUT2D eigenvalue weighted by Crippen LogP contribution is -2.97. The van der Waals surface area contributed by atoms with E-state index in [0.29, 0.717) is 11.3 Å². The molecule has 0 bridgehead atoms. The Bertz CT molecular complexity index is 1280. The lowest BCUT2D eigenvalue weighted by atomic mass is 10.0. The van der Waals surface area contributed by atoms with Crippen molar-refractivity contribution in [3.05, 3.63) is 71.9 Å². The molecule has 7 N–H and O–H groups in total. The van der Waals surface area contributed by atoms with Gasteiger partial charge in [-0.2, -0.15) is 20.8 Å². The highest BCUT2D eigenvalue weighted by atomic mass is 35.5. The lowest BCUT2D eigenvalue weighted by Gasteiger charge is -2.20. The van der Waals surface area contributed by atoms with Crippen LogP contribution in [0.4, 0.5) is 0 Å². The topological polar surface area (TPSA) is 179 Å². The van der Waals surface area contributed by atoms with Gasteiger partial charge in [0.25, 0.3) is 11.4 Å². The zero-order valence-electron chi connectivity index (χ0n) is 16.3. The maximum atomic E-state index is 12.1. The average molecular weight is 464 g/mol. The summed E-state index contributed by atoms with van der Waals surface area (Å²) in [4.78, 5) is 25.6. The number of benzene rings is 1. The highest BCUT2D eigenvalue weighted by Gasteiger charge is 2.23. The fourth-order valence-corrected chi connectivity index (χ4v) is 3.16. The maximum Gasteiger partial charge on any atom is 0.349 e. The number of nitrogens with one attached hydrogen (secondary N) is 3. The first-order chi connectivity index (χ1) is 14.6. The Morgan fingerprint density at radius 3 is 2.58 bits per heavy atom. The van der Waals surface area contributed by atoms with E-state index >= 15 is 0 Å². The van der Waals surface area contributed by atoms with Crippen LogP contribution in [0.15, 0.2) is 45.0 Å². The summed E-state index contributed by atoms with van der Waals surface area (Å²) in [6.45, 7) is 3.81. The third-order valence-electron chi connectivity index (χ3n) is 4.23. The van der Waals surface area contributed by atoms with Crippen molar-refractivity contribution in [2.75, 3.05) is 0 Å². The Balaban J connectivity index is 2.01. The third kappa shape index (κ3) is 4.46. The van der Waals surface area contributed by atoms with E-state index in [2.05, 4.69) is 10.5 Å². The summed E-state index contributed by atoms with van der Waals surface area (Å²) < 4.78 is 6.55.